The number of carbonyl (C=O) groups is 1. The highest BCUT2D eigenvalue weighted by Gasteiger charge is 2.22. The summed E-state index contributed by atoms with van der Waals surface area (Å²) in [4.78, 5) is 27.8. The molecule has 0 bridgehead atoms. The molecule has 2 heterocycles. The van der Waals surface area contributed by atoms with Crippen molar-refractivity contribution in [3.05, 3.63) is 58.5 Å². The minimum Gasteiger partial charge on any atom is -0.495 e. The molecule has 12 heteroatoms. The predicted octanol–water partition coefficient (Wildman–Crippen LogP) is 5.22. The zero-order valence-corrected chi connectivity index (χ0v) is 24.0. The van der Waals surface area contributed by atoms with Crippen LogP contribution < -0.4 is 29.9 Å². The third-order valence-electron chi connectivity index (χ3n) is 6.69. The number of urea groups is 1. The first kappa shape index (κ1) is 28.5. The lowest BCUT2D eigenvalue weighted by atomic mass is 10.2. The number of likely N-dealkylation sites (N-methyl/N-ethyl adjacent to an activating group) is 1. The summed E-state index contributed by atoms with van der Waals surface area (Å²) >= 11 is 12.8. The fraction of sp³-hybridized carbons (Fsp3) is 0.370. The van der Waals surface area contributed by atoms with E-state index in [0.717, 1.165) is 44.1 Å². The summed E-state index contributed by atoms with van der Waals surface area (Å²) in [6.07, 6.45) is 1.42. The molecule has 0 radical (unpaired) electrons. The Labute approximate surface area is 238 Å². The minimum absolute atomic E-state index is 0.159. The Balaban J connectivity index is 1.38. The second-order valence-electron chi connectivity index (χ2n) is 8.96. The van der Waals surface area contributed by atoms with Gasteiger partial charge in [-0.05, 0) is 30.8 Å². The van der Waals surface area contributed by atoms with Crippen LogP contribution in [0.2, 0.25) is 10.0 Å². The second-order valence-corrected chi connectivity index (χ2v) is 9.72. The quantitative estimate of drug-likeness (QED) is 0.359. The molecular weight excluding hydrogens is 541 g/mol. The Hall–Kier alpha value is -3.47. The highest BCUT2D eigenvalue weighted by molar-refractivity contribution is 6.41. The number of nitrogens with zero attached hydrogens (tertiary/aromatic N) is 5. The number of ether oxygens (including phenoxy) is 2. The van der Waals surface area contributed by atoms with E-state index in [1.54, 1.807) is 19.2 Å². The van der Waals surface area contributed by atoms with Gasteiger partial charge in [0, 0.05) is 56.7 Å². The summed E-state index contributed by atoms with van der Waals surface area (Å²) in [7, 11) is 4.52. The van der Waals surface area contributed by atoms with Gasteiger partial charge in [-0.2, -0.15) is 0 Å². The van der Waals surface area contributed by atoms with Crippen LogP contribution in [0.25, 0.3) is 0 Å². The largest absolute Gasteiger partial charge is 0.495 e. The molecule has 10 nitrogen and oxygen atoms in total. The molecule has 1 aromatic heterocycles. The number of amides is 2. The molecular formula is C27H33Cl2N7O3. The van der Waals surface area contributed by atoms with Gasteiger partial charge in [0.05, 0.1) is 32.1 Å². The Morgan fingerprint density at radius 1 is 1.00 bits per heavy atom. The van der Waals surface area contributed by atoms with Crippen LogP contribution in [-0.2, 0) is 6.54 Å². The van der Waals surface area contributed by atoms with Crippen LogP contribution in [0.15, 0.2) is 42.7 Å². The standard InChI is InChI=1S/C27H33Cl2N7O3/c1-5-35-10-12-36(13-11-35)20-8-6-18(7-9-20)30-16-19-14-23(32-17-31-19)34(2)27(37)33-26-24(28)21(38-3)15-22(39-4)25(26)29/h6-9,14-15,17,30H,5,10-13,16H2,1-4H3,(H,33,37). The van der Waals surface area contributed by atoms with Crippen molar-refractivity contribution in [2.75, 3.05) is 74.4 Å². The molecule has 3 aromatic rings. The van der Waals surface area contributed by atoms with Crippen molar-refractivity contribution in [1.29, 1.82) is 0 Å². The number of halogens is 2. The summed E-state index contributed by atoms with van der Waals surface area (Å²) in [6.45, 7) is 8.02. The summed E-state index contributed by atoms with van der Waals surface area (Å²) in [5.41, 5.74) is 3.10. The number of aromatic nitrogens is 2. The van der Waals surface area contributed by atoms with Gasteiger partial charge < -0.3 is 29.9 Å². The molecule has 1 saturated heterocycles. The molecule has 1 fully saturated rings. The lowest BCUT2D eigenvalue weighted by Gasteiger charge is -2.35. The normalized spacial score (nSPS) is 13.6. The number of rotatable bonds is 9. The van der Waals surface area contributed by atoms with Crippen LogP contribution in [0.4, 0.5) is 27.7 Å². The van der Waals surface area contributed by atoms with E-state index in [-0.39, 0.29) is 15.7 Å². The van der Waals surface area contributed by atoms with E-state index in [0.29, 0.717) is 23.9 Å². The molecule has 208 valence electrons. The first-order chi connectivity index (χ1) is 18.8. The topological polar surface area (TPSA) is 95.1 Å². The molecule has 39 heavy (non-hydrogen) atoms. The number of nitrogens with one attached hydrogen (secondary N) is 2. The fourth-order valence-corrected chi connectivity index (χ4v) is 4.86. The van der Waals surface area contributed by atoms with Gasteiger partial charge in [-0.25, -0.2) is 14.8 Å². The first-order valence-electron chi connectivity index (χ1n) is 12.6. The number of hydrogen-bond donors (Lipinski definition) is 2. The van der Waals surface area contributed by atoms with E-state index in [9.17, 15) is 4.79 Å². The SMILES string of the molecule is CCN1CCN(c2ccc(NCc3cc(N(C)C(=O)Nc4c(Cl)c(OC)cc(OC)c4Cl)ncn3)cc2)CC1. The molecule has 1 aliphatic rings. The molecule has 0 spiro atoms. The Morgan fingerprint density at radius 2 is 1.64 bits per heavy atom. The van der Waals surface area contributed by atoms with Gasteiger partial charge in [-0.1, -0.05) is 30.1 Å². The zero-order chi connectivity index (χ0) is 27.9. The number of carbonyl (C=O) groups excluding carboxylic acids is 1. The Morgan fingerprint density at radius 3 is 2.23 bits per heavy atom. The van der Waals surface area contributed by atoms with Crippen molar-refractivity contribution in [1.82, 2.24) is 14.9 Å². The molecule has 2 amide bonds. The second kappa shape index (κ2) is 13.1. The van der Waals surface area contributed by atoms with E-state index in [4.69, 9.17) is 32.7 Å². The van der Waals surface area contributed by atoms with Gasteiger partial charge >= 0.3 is 6.03 Å². The Bertz CT molecular complexity index is 1260. The number of methoxy groups -OCH3 is 2. The number of hydrogen-bond acceptors (Lipinski definition) is 8. The number of anilines is 4. The molecule has 4 rings (SSSR count). The van der Waals surface area contributed by atoms with Crippen molar-refractivity contribution in [2.24, 2.45) is 0 Å². The van der Waals surface area contributed by atoms with Crippen LogP contribution in [-0.4, -0.2) is 74.9 Å². The van der Waals surface area contributed by atoms with E-state index >= 15 is 0 Å². The smallest absolute Gasteiger partial charge is 0.327 e. The lowest BCUT2D eigenvalue weighted by Crippen LogP contribution is -2.46. The third-order valence-corrected chi connectivity index (χ3v) is 7.44. The molecule has 0 unspecified atom stereocenters. The first-order valence-corrected chi connectivity index (χ1v) is 13.4. The zero-order valence-electron chi connectivity index (χ0n) is 22.5. The molecule has 0 aliphatic carbocycles. The maximum Gasteiger partial charge on any atom is 0.327 e. The van der Waals surface area contributed by atoms with Crippen molar-refractivity contribution in [2.45, 2.75) is 13.5 Å². The number of piperazine rings is 1. The highest BCUT2D eigenvalue weighted by atomic mass is 35.5. The van der Waals surface area contributed by atoms with Crippen molar-refractivity contribution >= 4 is 52.1 Å². The lowest BCUT2D eigenvalue weighted by molar-refractivity contribution is 0.258. The van der Waals surface area contributed by atoms with Crippen LogP contribution in [0, 0.1) is 0 Å². The van der Waals surface area contributed by atoms with Crippen molar-refractivity contribution < 1.29 is 14.3 Å². The van der Waals surface area contributed by atoms with Crippen LogP contribution >= 0.6 is 23.2 Å². The van der Waals surface area contributed by atoms with Crippen LogP contribution in [0.1, 0.15) is 12.6 Å². The van der Waals surface area contributed by atoms with Crippen molar-refractivity contribution in [3.8, 4) is 11.5 Å². The average molecular weight is 575 g/mol. The van der Waals surface area contributed by atoms with Gasteiger partial charge in [-0.3, -0.25) is 4.90 Å². The average Bonchev–Trinajstić information content (AvgIpc) is 2.98. The van der Waals surface area contributed by atoms with Gasteiger partial charge in [0.1, 0.15) is 33.7 Å². The van der Waals surface area contributed by atoms with E-state index in [1.807, 2.05) is 0 Å². The predicted molar refractivity (Wildman–Crippen MR) is 157 cm³/mol. The molecule has 1 aliphatic heterocycles. The summed E-state index contributed by atoms with van der Waals surface area (Å²) < 4.78 is 10.5. The van der Waals surface area contributed by atoms with Gasteiger partial charge in [0.15, 0.2) is 0 Å². The summed E-state index contributed by atoms with van der Waals surface area (Å²) in [5.74, 6) is 1.04. The Kier molecular flexibility index (Phi) is 9.55. The summed E-state index contributed by atoms with van der Waals surface area (Å²) in [6, 6.07) is 11.2. The van der Waals surface area contributed by atoms with Gasteiger partial charge in [-0.15, -0.1) is 0 Å². The maximum absolute atomic E-state index is 13.0. The van der Waals surface area contributed by atoms with Gasteiger partial charge in [0.25, 0.3) is 0 Å². The van der Waals surface area contributed by atoms with Crippen molar-refractivity contribution in [3.63, 3.8) is 0 Å². The molecule has 0 atom stereocenters. The molecule has 0 saturated carbocycles. The highest BCUT2D eigenvalue weighted by Crippen LogP contribution is 2.44. The van der Waals surface area contributed by atoms with E-state index in [1.165, 1.54) is 31.1 Å². The fourth-order valence-electron chi connectivity index (χ4n) is 4.26. The van der Waals surface area contributed by atoms with E-state index < -0.39 is 6.03 Å². The molecule has 2 aromatic carbocycles. The van der Waals surface area contributed by atoms with Crippen LogP contribution in [0.3, 0.4) is 0 Å². The minimum atomic E-state index is -0.498. The summed E-state index contributed by atoms with van der Waals surface area (Å²) in [5, 5.41) is 6.42. The number of benzene rings is 2. The van der Waals surface area contributed by atoms with E-state index in [2.05, 4.69) is 61.6 Å². The maximum atomic E-state index is 13.0. The van der Waals surface area contributed by atoms with Gasteiger partial charge in [0.2, 0.25) is 0 Å². The monoisotopic (exact) mass is 573 g/mol. The third kappa shape index (κ3) is 6.76. The van der Waals surface area contributed by atoms with Crippen LogP contribution in [0.5, 0.6) is 11.5 Å². The molecule has 2 N–H and O–H groups in total.